The molecule has 5 nitrogen and oxygen atoms in total. The van der Waals surface area contributed by atoms with Crippen molar-refractivity contribution in [3.63, 3.8) is 0 Å². The molecule has 1 unspecified atom stereocenters. The Morgan fingerprint density at radius 2 is 2.29 bits per heavy atom. The molecule has 1 aromatic rings. The van der Waals surface area contributed by atoms with Crippen LogP contribution in [0.2, 0.25) is 0 Å². The van der Waals surface area contributed by atoms with Gasteiger partial charge in [-0.3, -0.25) is 4.79 Å². The molecule has 0 fully saturated rings. The van der Waals surface area contributed by atoms with E-state index in [1.54, 1.807) is 6.07 Å². The molecule has 1 aromatic heterocycles. The van der Waals surface area contributed by atoms with Crippen molar-refractivity contribution in [2.24, 2.45) is 5.73 Å². The Hall–Kier alpha value is -1.33. The van der Waals surface area contributed by atoms with Gasteiger partial charge in [0.05, 0.1) is 13.2 Å². The normalized spacial score (nSPS) is 12.7. The van der Waals surface area contributed by atoms with E-state index in [0.717, 1.165) is 5.56 Å². The Kier molecular flexibility index (Phi) is 3.67. The van der Waals surface area contributed by atoms with Crippen LogP contribution in [0, 0.1) is 0 Å². The Morgan fingerprint density at radius 1 is 1.57 bits per heavy atom. The van der Waals surface area contributed by atoms with Gasteiger partial charge < -0.3 is 21.2 Å². The van der Waals surface area contributed by atoms with Crippen LogP contribution >= 0.6 is 0 Å². The maximum absolute atomic E-state index is 11.0. The molecule has 0 aliphatic carbocycles. The topological polar surface area (TPSA) is 94.1 Å². The Labute approximate surface area is 82.1 Å². The highest BCUT2D eigenvalue weighted by molar-refractivity contribution is 5.31. The average molecular weight is 197 g/mol. The SMILES string of the molecule is CC(N)COCc1cc(N)[nH]c(=O)c1. The van der Waals surface area contributed by atoms with Crippen LogP contribution < -0.4 is 17.0 Å². The van der Waals surface area contributed by atoms with Gasteiger partial charge in [-0.15, -0.1) is 0 Å². The van der Waals surface area contributed by atoms with Crippen LogP contribution in [-0.4, -0.2) is 17.6 Å². The number of nitrogens with two attached hydrogens (primary N) is 2. The summed E-state index contributed by atoms with van der Waals surface area (Å²) in [6, 6.07) is 3.12. The number of anilines is 1. The van der Waals surface area contributed by atoms with Crippen molar-refractivity contribution in [1.29, 1.82) is 0 Å². The van der Waals surface area contributed by atoms with Crippen molar-refractivity contribution in [2.75, 3.05) is 12.3 Å². The van der Waals surface area contributed by atoms with Crippen LogP contribution in [-0.2, 0) is 11.3 Å². The monoisotopic (exact) mass is 197 g/mol. The number of aromatic amines is 1. The molecular weight excluding hydrogens is 182 g/mol. The minimum absolute atomic E-state index is 0.00524. The Balaban J connectivity index is 2.55. The number of nitrogens with one attached hydrogen (secondary N) is 1. The van der Waals surface area contributed by atoms with Gasteiger partial charge in [-0.1, -0.05) is 0 Å². The number of pyridine rings is 1. The molecule has 78 valence electrons. The highest BCUT2D eigenvalue weighted by atomic mass is 16.5. The van der Waals surface area contributed by atoms with Gasteiger partial charge in [0.25, 0.3) is 0 Å². The third kappa shape index (κ3) is 3.59. The Bertz CT molecular complexity index is 346. The first-order valence-corrected chi connectivity index (χ1v) is 4.40. The highest BCUT2D eigenvalue weighted by Crippen LogP contribution is 2.01. The number of aromatic nitrogens is 1. The number of hydrogen-bond donors (Lipinski definition) is 3. The first-order valence-electron chi connectivity index (χ1n) is 4.40. The average Bonchev–Trinajstić information content (AvgIpc) is 2.01. The summed E-state index contributed by atoms with van der Waals surface area (Å²) in [6.07, 6.45) is 0. The van der Waals surface area contributed by atoms with Crippen molar-refractivity contribution >= 4 is 5.82 Å². The summed E-state index contributed by atoms with van der Waals surface area (Å²) in [6.45, 7) is 2.68. The molecule has 0 aliphatic rings. The highest BCUT2D eigenvalue weighted by Gasteiger charge is 1.98. The third-order valence-corrected chi connectivity index (χ3v) is 1.57. The molecule has 0 aromatic carbocycles. The predicted molar refractivity (Wildman–Crippen MR) is 54.8 cm³/mol. The minimum atomic E-state index is -0.218. The lowest BCUT2D eigenvalue weighted by Gasteiger charge is -2.06. The lowest BCUT2D eigenvalue weighted by molar-refractivity contribution is 0.111. The zero-order valence-corrected chi connectivity index (χ0v) is 8.12. The van der Waals surface area contributed by atoms with Gasteiger partial charge in [-0.05, 0) is 18.6 Å². The summed E-state index contributed by atoms with van der Waals surface area (Å²) >= 11 is 0. The van der Waals surface area contributed by atoms with Crippen LogP contribution in [0.3, 0.4) is 0 Å². The second-order valence-electron chi connectivity index (χ2n) is 3.30. The van der Waals surface area contributed by atoms with Gasteiger partial charge >= 0.3 is 0 Å². The summed E-state index contributed by atoms with van der Waals surface area (Å²) in [5, 5.41) is 0. The van der Waals surface area contributed by atoms with Gasteiger partial charge in [0, 0.05) is 12.1 Å². The maximum atomic E-state index is 11.0. The predicted octanol–water partition coefficient (Wildman–Crippen LogP) is -0.179. The van der Waals surface area contributed by atoms with E-state index < -0.39 is 0 Å². The zero-order chi connectivity index (χ0) is 10.6. The fraction of sp³-hybridized carbons (Fsp3) is 0.444. The molecule has 0 amide bonds. The molecule has 0 radical (unpaired) electrons. The summed E-state index contributed by atoms with van der Waals surface area (Å²) < 4.78 is 5.26. The largest absolute Gasteiger partial charge is 0.385 e. The third-order valence-electron chi connectivity index (χ3n) is 1.57. The molecule has 0 saturated carbocycles. The summed E-state index contributed by atoms with van der Waals surface area (Å²) in [5.41, 5.74) is 11.5. The minimum Gasteiger partial charge on any atom is -0.385 e. The van der Waals surface area contributed by atoms with Crippen molar-refractivity contribution in [2.45, 2.75) is 19.6 Å². The molecule has 0 aliphatic heterocycles. The van der Waals surface area contributed by atoms with E-state index in [1.165, 1.54) is 6.07 Å². The van der Waals surface area contributed by atoms with Crippen LogP contribution in [0.4, 0.5) is 5.82 Å². The van der Waals surface area contributed by atoms with Gasteiger partial charge in [0.1, 0.15) is 5.82 Å². The molecular formula is C9H15N3O2. The first-order chi connectivity index (χ1) is 6.58. The quantitative estimate of drug-likeness (QED) is 0.624. The fourth-order valence-electron chi connectivity index (χ4n) is 1.07. The first kappa shape index (κ1) is 10.7. The number of nitrogen functional groups attached to an aromatic ring is 1. The molecule has 5 N–H and O–H groups in total. The van der Waals surface area contributed by atoms with Gasteiger partial charge in [-0.25, -0.2) is 0 Å². The standard InChI is InChI=1S/C9H15N3O2/c1-6(10)4-14-5-7-2-8(11)12-9(13)3-7/h2-3,6H,4-5,10H2,1H3,(H3,11,12,13). The summed E-state index contributed by atoms with van der Waals surface area (Å²) in [7, 11) is 0. The van der Waals surface area contributed by atoms with Gasteiger partial charge in [0.15, 0.2) is 0 Å². The van der Waals surface area contributed by atoms with Crippen molar-refractivity contribution < 1.29 is 4.74 Å². The molecule has 0 saturated heterocycles. The molecule has 1 heterocycles. The van der Waals surface area contributed by atoms with Crippen molar-refractivity contribution in [1.82, 2.24) is 4.98 Å². The van der Waals surface area contributed by atoms with E-state index in [-0.39, 0.29) is 11.6 Å². The van der Waals surface area contributed by atoms with E-state index in [4.69, 9.17) is 16.2 Å². The van der Waals surface area contributed by atoms with Crippen molar-refractivity contribution in [3.05, 3.63) is 28.0 Å². The number of hydrogen-bond acceptors (Lipinski definition) is 4. The smallest absolute Gasteiger partial charge is 0.249 e. The van der Waals surface area contributed by atoms with Crippen LogP contribution in [0.25, 0.3) is 0 Å². The van der Waals surface area contributed by atoms with Gasteiger partial charge in [-0.2, -0.15) is 0 Å². The second kappa shape index (κ2) is 4.78. The molecule has 14 heavy (non-hydrogen) atoms. The van der Waals surface area contributed by atoms with Crippen LogP contribution in [0.15, 0.2) is 16.9 Å². The zero-order valence-electron chi connectivity index (χ0n) is 8.12. The number of H-pyrrole nitrogens is 1. The molecule has 1 rings (SSSR count). The Morgan fingerprint density at radius 3 is 2.86 bits per heavy atom. The number of ether oxygens (including phenoxy) is 1. The maximum Gasteiger partial charge on any atom is 0.249 e. The summed E-state index contributed by atoms with van der Waals surface area (Å²) in [5.74, 6) is 0.344. The van der Waals surface area contributed by atoms with Crippen LogP contribution in [0.5, 0.6) is 0 Å². The second-order valence-corrected chi connectivity index (χ2v) is 3.30. The fourth-order valence-corrected chi connectivity index (χ4v) is 1.07. The van der Waals surface area contributed by atoms with Crippen molar-refractivity contribution in [3.8, 4) is 0 Å². The van der Waals surface area contributed by atoms with Gasteiger partial charge in [0.2, 0.25) is 5.56 Å². The molecule has 0 spiro atoms. The van der Waals surface area contributed by atoms with E-state index >= 15 is 0 Å². The van der Waals surface area contributed by atoms with E-state index in [0.29, 0.717) is 19.0 Å². The van der Waals surface area contributed by atoms with Crippen LogP contribution in [0.1, 0.15) is 12.5 Å². The van der Waals surface area contributed by atoms with E-state index in [1.807, 2.05) is 6.92 Å². The molecule has 5 heteroatoms. The lowest BCUT2D eigenvalue weighted by Crippen LogP contribution is -2.21. The van der Waals surface area contributed by atoms with E-state index in [2.05, 4.69) is 4.98 Å². The molecule has 0 bridgehead atoms. The lowest BCUT2D eigenvalue weighted by atomic mass is 10.3. The molecule has 1 atom stereocenters. The summed E-state index contributed by atoms with van der Waals surface area (Å²) in [4.78, 5) is 13.4. The number of rotatable bonds is 4. The van der Waals surface area contributed by atoms with E-state index in [9.17, 15) is 4.79 Å².